The van der Waals surface area contributed by atoms with Crippen molar-refractivity contribution in [3.63, 3.8) is 0 Å². The van der Waals surface area contributed by atoms with E-state index in [1.807, 2.05) is 29.0 Å². The van der Waals surface area contributed by atoms with Crippen LogP contribution in [0.25, 0.3) is 10.9 Å². The van der Waals surface area contributed by atoms with Crippen LogP contribution in [-0.4, -0.2) is 29.0 Å². The van der Waals surface area contributed by atoms with Gasteiger partial charge in [-0.05, 0) is 35.9 Å². The fraction of sp³-hybridized carbons (Fsp3) is 0.0476. The molecule has 0 aliphatic carbocycles. The van der Waals surface area contributed by atoms with Gasteiger partial charge >= 0.3 is 0 Å². The number of nitro benzene ring substituents is 1. The Hall–Kier alpha value is -3.57. The maximum atomic E-state index is 12.9. The standard InChI is InChI=1S/C21H15BrN4O5S/c22-15-7-5-14(6-8-15)13-25-19-4-2-1-3-18(19)20(23-25)21(27)24-32(30,31)17-11-9-16(10-12-17)26(28)29/h1-12H,13H2,(H,24,27). The van der Waals surface area contributed by atoms with Crippen molar-refractivity contribution in [2.24, 2.45) is 0 Å². The quantitative estimate of drug-likeness (QED) is 0.307. The van der Waals surface area contributed by atoms with E-state index < -0.39 is 20.9 Å². The maximum absolute atomic E-state index is 12.9. The smallest absolute Gasteiger partial charge is 0.266 e. The van der Waals surface area contributed by atoms with Crippen LogP contribution in [0.2, 0.25) is 0 Å². The first-order valence-electron chi connectivity index (χ1n) is 9.26. The predicted octanol–water partition coefficient (Wildman–Crippen LogP) is 3.87. The maximum Gasteiger partial charge on any atom is 0.286 e. The van der Waals surface area contributed by atoms with Gasteiger partial charge < -0.3 is 0 Å². The van der Waals surface area contributed by atoms with E-state index in [4.69, 9.17) is 0 Å². The van der Waals surface area contributed by atoms with E-state index in [9.17, 15) is 23.3 Å². The van der Waals surface area contributed by atoms with Gasteiger partial charge in [0, 0.05) is 22.0 Å². The predicted molar refractivity (Wildman–Crippen MR) is 121 cm³/mol. The molecule has 0 saturated carbocycles. The van der Waals surface area contributed by atoms with Gasteiger partial charge in [-0.25, -0.2) is 13.1 Å². The summed E-state index contributed by atoms with van der Waals surface area (Å²) in [6.45, 7) is 0.385. The SMILES string of the molecule is O=C(NS(=O)(=O)c1ccc([N+](=O)[O-])cc1)c1nn(Cc2ccc(Br)cc2)c2ccccc12. The Balaban J connectivity index is 1.64. The minimum Gasteiger partial charge on any atom is -0.266 e. The Morgan fingerprint density at radius 1 is 1.03 bits per heavy atom. The number of para-hydroxylation sites is 1. The Morgan fingerprint density at radius 3 is 2.34 bits per heavy atom. The van der Waals surface area contributed by atoms with Gasteiger partial charge in [0.2, 0.25) is 0 Å². The highest BCUT2D eigenvalue weighted by molar-refractivity contribution is 9.10. The van der Waals surface area contributed by atoms with Gasteiger partial charge in [0.25, 0.3) is 21.6 Å². The number of non-ortho nitro benzene ring substituents is 1. The summed E-state index contributed by atoms with van der Waals surface area (Å²) in [5.41, 5.74) is 1.33. The van der Waals surface area contributed by atoms with E-state index in [-0.39, 0.29) is 16.3 Å². The van der Waals surface area contributed by atoms with E-state index in [1.54, 1.807) is 28.9 Å². The molecule has 0 fully saturated rings. The van der Waals surface area contributed by atoms with Crippen LogP contribution in [0.4, 0.5) is 5.69 Å². The second-order valence-corrected chi connectivity index (χ2v) is 9.43. The molecule has 162 valence electrons. The van der Waals surface area contributed by atoms with Crippen LogP contribution in [0.15, 0.2) is 82.2 Å². The van der Waals surface area contributed by atoms with Crippen molar-refractivity contribution in [3.05, 3.63) is 98.6 Å². The van der Waals surface area contributed by atoms with Gasteiger partial charge in [0.1, 0.15) is 0 Å². The number of carbonyl (C=O) groups excluding carboxylic acids is 1. The first kappa shape index (κ1) is 21.7. The van der Waals surface area contributed by atoms with Gasteiger partial charge in [0.05, 0.1) is 21.9 Å². The zero-order valence-corrected chi connectivity index (χ0v) is 18.7. The molecule has 4 rings (SSSR count). The molecule has 1 heterocycles. The van der Waals surface area contributed by atoms with Crippen LogP contribution >= 0.6 is 15.9 Å². The number of amides is 1. The molecule has 0 spiro atoms. The fourth-order valence-corrected chi connectivity index (χ4v) is 4.37. The van der Waals surface area contributed by atoms with E-state index in [1.165, 1.54) is 0 Å². The molecule has 0 aliphatic heterocycles. The number of nitro groups is 1. The van der Waals surface area contributed by atoms with Gasteiger partial charge in [-0.15, -0.1) is 0 Å². The largest absolute Gasteiger partial charge is 0.286 e. The van der Waals surface area contributed by atoms with Crippen molar-refractivity contribution in [1.82, 2.24) is 14.5 Å². The molecule has 0 atom stereocenters. The molecule has 3 aromatic carbocycles. The molecular formula is C21H15BrN4O5S. The van der Waals surface area contributed by atoms with E-state index >= 15 is 0 Å². The third-order valence-electron chi connectivity index (χ3n) is 4.70. The molecule has 0 unspecified atom stereocenters. The summed E-state index contributed by atoms with van der Waals surface area (Å²) in [6, 6.07) is 18.9. The van der Waals surface area contributed by atoms with Crippen molar-refractivity contribution in [2.75, 3.05) is 0 Å². The minimum absolute atomic E-state index is 0.0387. The molecular weight excluding hydrogens is 500 g/mol. The first-order valence-corrected chi connectivity index (χ1v) is 11.5. The molecule has 11 heteroatoms. The molecule has 0 radical (unpaired) electrons. The number of carbonyl (C=O) groups is 1. The molecule has 0 aliphatic rings. The Kier molecular flexibility index (Phi) is 5.76. The number of nitrogens with one attached hydrogen (secondary N) is 1. The summed E-state index contributed by atoms with van der Waals surface area (Å²) in [5.74, 6) is -0.894. The number of hydrogen-bond donors (Lipinski definition) is 1. The number of aromatic nitrogens is 2. The lowest BCUT2D eigenvalue weighted by Gasteiger charge is -2.06. The highest BCUT2D eigenvalue weighted by atomic mass is 79.9. The topological polar surface area (TPSA) is 124 Å². The monoisotopic (exact) mass is 514 g/mol. The van der Waals surface area contributed by atoms with Crippen molar-refractivity contribution < 1.29 is 18.1 Å². The highest BCUT2D eigenvalue weighted by Crippen LogP contribution is 2.22. The van der Waals surface area contributed by atoms with E-state index in [0.29, 0.717) is 17.4 Å². The third-order valence-corrected chi connectivity index (χ3v) is 6.58. The Labute approximate surface area is 191 Å². The van der Waals surface area contributed by atoms with Gasteiger partial charge in [-0.2, -0.15) is 5.10 Å². The van der Waals surface area contributed by atoms with Crippen molar-refractivity contribution in [1.29, 1.82) is 0 Å². The zero-order valence-electron chi connectivity index (χ0n) is 16.3. The third kappa shape index (κ3) is 4.39. The summed E-state index contributed by atoms with van der Waals surface area (Å²) in [4.78, 5) is 22.7. The van der Waals surface area contributed by atoms with E-state index in [0.717, 1.165) is 34.3 Å². The second-order valence-electron chi connectivity index (χ2n) is 6.84. The summed E-state index contributed by atoms with van der Waals surface area (Å²) >= 11 is 3.39. The molecule has 9 nitrogen and oxygen atoms in total. The Morgan fingerprint density at radius 2 is 1.69 bits per heavy atom. The first-order chi connectivity index (χ1) is 15.2. The van der Waals surface area contributed by atoms with Gasteiger partial charge in [-0.3, -0.25) is 19.6 Å². The van der Waals surface area contributed by atoms with Crippen LogP contribution < -0.4 is 4.72 Å². The normalized spacial score (nSPS) is 11.4. The van der Waals surface area contributed by atoms with Crippen LogP contribution in [0.3, 0.4) is 0 Å². The summed E-state index contributed by atoms with van der Waals surface area (Å²) in [7, 11) is -4.25. The van der Waals surface area contributed by atoms with Gasteiger partial charge in [0.15, 0.2) is 5.69 Å². The molecule has 1 amide bonds. The zero-order chi connectivity index (χ0) is 22.9. The summed E-state index contributed by atoms with van der Waals surface area (Å²) < 4.78 is 29.8. The fourth-order valence-electron chi connectivity index (χ4n) is 3.15. The number of halogens is 1. The van der Waals surface area contributed by atoms with Crippen molar-refractivity contribution in [3.8, 4) is 0 Å². The van der Waals surface area contributed by atoms with Crippen LogP contribution in [-0.2, 0) is 16.6 Å². The van der Waals surface area contributed by atoms with Crippen LogP contribution in [0.5, 0.6) is 0 Å². The number of nitrogens with zero attached hydrogens (tertiary/aromatic N) is 3. The lowest BCUT2D eigenvalue weighted by Crippen LogP contribution is -2.31. The van der Waals surface area contributed by atoms with Crippen molar-refractivity contribution >= 4 is 48.5 Å². The lowest BCUT2D eigenvalue weighted by atomic mass is 10.2. The average Bonchev–Trinajstić information content (AvgIpc) is 3.14. The molecule has 0 saturated heterocycles. The number of hydrogen-bond acceptors (Lipinski definition) is 6. The summed E-state index contributed by atoms with van der Waals surface area (Å²) in [6.07, 6.45) is 0. The number of sulfonamides is 1. The number of fused-ring (bicyclic) bond motifs is 1. The van der Waals surface area contributed by atoms with Crippen LogP contribution in [0.1, 0.15) is 16.1 Å². The molecule has 0 bridgehead atoms. The molecule has 1 N–H and O–H groups in total. The van der Waals surface area contributed by atoms with Crippen molar-refractivity contribution in [2.45, 2.75) is 11.4 Å². The van der Waals surface area contributed by atoms with Gasteiger partial charge in [-0.1, -0.05) is 46.3 Å². The second kappa shape index (κ2) is 8.52. The lowest BCUT2D eigenvalue weighted by molar-refractivity contribution is -0.384. The molecule has 1 aromatic heterocycles. The Bertz CT molecular complexity index is 1430. The van der Waals surface area contributed by atoms with Crippen LogP contribution in [0, 0.1) is 10.1 Å². The summed E-state index contributed by atoms with van der Waals surface area (Å²) in [5, 5.41) is 15.6. The minimum atomic E-state index is -4.25. The number of benzene rings is 3. The molecule has 4 aromatic rings. The average molecular weight is 515 g/mol. The molecule has 32 heavy (non-hydrogen) atoms. The number of rotatable bonds is 6. The van der Waals surface area contributed by atoms with E-state index in [2.05, 4.69) is 21.0 Å². The highest BCUT2D eigenvalue weighted by Gasteiger charge is 2.24.